The summed E-state index contributed by atoms with van der Waals surface area (Å²) in [5.74, 6) is -0.561. The van der Waals surface area contributed by atoms with Gasteiger partial charge in [-0.3, -0.25) is 4.98 Å². The molecular weight excluding hydrogens is 219 g/mol. The Balaban J connectivity index is 2.37. The number of rotatable bonds is 2. The largest absolute Gasteiger partial charge is 0.397 e. The summed E-state index contributed by atoms with van der Waals surface area (Å²) in [7, 11) is 0. The lowest BCUT2D eigenvalue weighted by molar-refractivity contribution is 0.624. The number of hydrogen-bond acceptors (Lipinski definition) is 4. The standard InChI is InChI=1S/C12H9FN4/c13-11-2-1-3-12(10(11)5-14)17-9-4-8(15)6-16-7-9/h1-4,6-7,17H,15H2. The lowest BCUT2D eigenvalue weighted by Crippen LogP contribution is -1.97. The van der Waals surface area contributed by atoms with Gasteiger partial charge < -0.3 is 11.1 Å². The number of nitrogens with two attached hydrogens (primary N) is 1. The van der Waals surface area contributed by atoms with Crippen molar-refractivity contribution < 1.29 is 4.39 Å². The van der Waals surface area contributed by atoms with Crippen LogP contribution < -0.4 is 11.1 Å². The highest BCUT2D eigenvalue weighted by molar-refractivity contribution is 5.67. The molecule has 17 heavy (non-hydrogen) atoms. The molecule has 0 aliphatic rings. The molecule has 0 unspecified atom stereocenters. The molecule has 3 N–H and O–H groups in total. The molecule has 0 atom stereocenters. The minimum atomic E-state index is -0.561. The molecule has 0 saturated carbocycles. The highest BCUT2D eigenvalue weighted by Gasteiger charge is 2.07. The highest BCUT2D eigenvalue weighted by atomic mass is 19.1. The first-order valence-corrected chi connectivity index (χ1v) is 4.87. The fourth-order valence-corrected chi connectivity index (χ4v) is 1.42. The van der Waals surface area contributed by atoms with Crippen LogP contribution in [0, 0.1) is 17.1 Å². The Kier molecular flexibility index (Phi) is 2.88. The number of pyridine rings is 1. The monoisotopic (exact) mass is 228 g/mol. The van der Waals surface area contributed by atoms with Crippen LogP contribution in [-0.2, 0) is 0 Å². The van der Waals surface area contributed by atoms with E-state index in [9.17, 15) is 4.39 Å². The Bertz CT molecular complexity index is 589. The molecule has 0 radical (unpaired) electrons. The molecule has 2 rings (SSSR count). The number of aromatic nitrogens is 1. The number of benzene rings is 1. The summed E-state index contributed by atoms with van der Waals surface area (Å²) in [5, 5.41) is 11.8. The molecule has 5 heteroatoms. The number of nitrogen functional groups attached to an aromatic ring is 1. The zero-order valence-corrected chi connectivity index (χ0v) is 8.81. The quantitative estimate of drug-likeness (QED) is 0.827. The smallest absolute Gasteiger partial charge is 0.143 e. The van der Waals surface area contributed by atoms with Crippen molar-refractivity contribution in [3.8, 4) is 6.07 Å². The topological polar surface area (TPSA) is 74.7 Å². The first-order valence-electron chi connectivity index (χ1n) is 4.87. The number of hydrogen-bond donors (Lipinski definition) is 2. The van der Waals surface area contributed by atoms with E-state index in [1.165, 1.54) is 18.3 Å². The van der Waals surface area contributed by atoms with Crippen molar-refractivity contribution in [3.05, 3.63) is 48.0 Å². The van der Waals surface area contributed by atoms with E-state index in [1.54, 1.807) is 18.3 Å². The average molecular weight is 228 g/mol. The molecule has 1 aromatic carbocycles. The Morgan fingerprint density at radius 1 is 1.35 bits per heavy atom. The maximum Gasteiger partial charge on any atom is 0.143 e. The number of anilines is 3. The van der Waals surface area contributed by atoms with Crippen molar-refractivity contribution in [3.63, 3.8) is 0 Å². The van der Waals surface area contributed by atoms with Crippen LogP contribution in [0.5, 0.6) is 0 Å². The number of nitrogens with zero attached hydrogens (tertiary/aromatic N) is 2. The van der Waals surface area contributed by atoms with Crippen LogP contribution in [0.25, 0.3) is 0 Å². The summed E-state index contributed by atoms with van der Waals surface area (Å²) in [6, 6.07) is 7.84. The summed E-state index contributed by atoms with van der Waals surface area (Å²) in [6.45, 7) is 0. The normalized spacial score (nSPS) is 9.65. The second-order valence-electron chi connectivity index (χ2n) is 3.41. The molecule has 84 valence electrons. The van der Waals surface area contributed by atoms with Gasteiger partial charge in [-0.15, -0.1) is 0 Å². The van der Waals surface area contributed by atoms with Crippen molar-refractivity contribution in [2.45, 2.75) is 0 Å². The van der Waals surface area contributed by atoms with Crippen molar-refractivity contribution in [1.29, 1.82) is 5.26 Å². The average Bonchev–Trinajstić information content (AvgIpc) is 2.29. The van der Waals surface area contributed by atoms with Crippen LogP contribution in [0.4, 0.5) is 21.5 Å². The fraction of sp³-hybridized carbons (Fsp3) is 0. The molecule has 4 nitrogen and oxygen atoms in total. The molecule has 0 fully saturated rings. The zero-order valence-electron chi connectivity index (χ0n) is 8.81. The molecule has 0 aliphatic carbocycles. The van der Waals surface area contributed by atoms with Gasteiger partial charge >= 0.3 is 0 Å². The summed E-state index contributed by atoms with van der Waals surface area (Å²) in [5.41, 5.74) is 7.02. The van der Waals surface area contributed by atoms with Gasteiger partial charge in [0, 0.05) is 6.20 Å². The van der Waals surface area contributed by atoms with E-state index in [2.05, 4.69) is 10.3 Å². The molecule has 0 amide bonds. The first kappa shape index (κ1) is 10.9. The summed E-state index contributed by atoms with van der Waals surface area (Å²) in [4.78, 5) is 3.89. The predicted molar refractivity (Wildman–Crippen MR) is 63.0 cm³/mol. The Labute approximate surface area is 97.5 Å². The third-order valence-electron chi connectivity index (χ3n) is 2.16. The second kappa shape index (κ2) is 4.49. The van der Waals surface area contributed by atoms with Crippen LogP contribution in [0.15, 0.2) is 36.7 Å². The predicted octanol–water partition coefficient (Wildman–Crippen LogP) is 2.42. The van der Waals surface area contributed by atoms with E-state index in [0.29, 0.717) is 17.1 Å². The number of nitrogens with one attached hydrogen (secondary N) is 1. The third-order valence-corrected chi connectivity index (χ3v) is 2.16. The Morgan fingerprint density at radius 3 is 2.88 bits per heavy atom. The van der Waals surface area contributed by atoms with Gasteiger partial charge in [-0.1, -0.05) is 6.07 Å². The van der Waals surface area contributed by atoms with E-state index < -0.39 is 5.82 Å². The van der Waals surface area contributed by atoms with Gasteiger partial charge in [0.25, 0.3) is 0 Å². The molecule has 1 heterocycles. The van der Waals surface area contributed by atoms with Gasteiger partial charge in [-0.05, 0) is 18.2 Å². The molecule has 2 aromatic rings. The van der Waals surface area contributed by atoms with E-state index in [1.807, 2.05) is 6.07 Å². The van der Waals surface area contributed by atoms with Gasteiger partial charge in [0.2, 0.25) is 0 Å². The summed E-state index contributed by atoms with van der Waals surface area (Å²) in [6.07, 6.45) is 3.05. The van der Waals surface area contributed by atoms with Gasteiger partial charge in [0.15, 0.2) is 0 Å². The van der Waals surface area contributed by atoms with Crippen molar-refractivity contribution in [2.75, 3.05) is 11.1 Å². The van der Waals surface area contributed by atoms with E-state index in [-0.39, 0.29) is 5.56 Å². The van der Waals surface area contributed by atoms with Gasteiger partial charge in [-0.25, -0.2) is 4.39 Å². The minimum absolute atomic E-state index is 0.0325. The number of halogens is 1. The van der Waals surface area contributed by atoms with Crippen molar-refractivity contribution in [1.82, 2.24) is 4.98 Å². The summed E-state index contributed by atoms with van der Waals surface area (Å²) >= 11 is 0. The van der Waals surface area contributed by atoms with Gasteiger partial charge in [0.1, 0.15) is 17.4 Å². The maximum absolute atomic E-state index is 13.3. The molecular formula is C12H9FN4. The van der Waals surface area contributed by atoms with Crippen LogP contribution in [-0.4, -0.2) is 4.98 Å². The van der Waals surface area contributed by atoms with Gasteiger partial charge in [-0.2, -0.15) is 5.26 Å². The fourth-order valence-electron chi connectivity index (χ4n) is 1.42. The van der Waals surface area contributed by atoms with Crippen LogP contribution in [0.1, 0.15) is 5.56 Å². The van der Waals surface area contributed by atoms with Gasteiger partial charge in [0.05, 0.1) is 23.3 Å². The van der Waals surface area contributed by atoms with Crippen LogP contribution in [0.3, 0.4) is 0 Å². The Hall–Kier alpha value is -2.61. The lowest BCUT2D eigenvalue weighted by Gasteiger charge is -2.08. The second-order valence-corrected chi connectivity index (χ2v) is 3.41. The molecule has 0 aliphatic heterocycles. The molecule has 1 aromatic heterocycles. The molecule has 0 spiro atoms. The van der Waals surface area contributed by atoms with E-state index >= 15 is 0 Å². The lowest BCUT2D eigenvalue weighted by atomic mass is 10.2. The molecule has 0 saturated heterocycles. The zero-order chi connectivity index (χ0) is 12.3. The summed E-state index contributed by atoms with van der Waals surface area (Å²) < 4.78 is 13.3. The van der Waals surface area contributed by atoms with Crippen molar-refractivity contribution in [2.24, 2.45) is 0 Å². The van der Waals surface area contributed by atoms with Crippen molar-refractivity contribution >= 4 is 17.1 Å². The molecule has 0 bridgehead atoms. The first-order chi connectivity index (χ1) is 8.20. The SMILES string of the molecule is N#Cc1c(F)cccc1Nc1cncc(N)c1. The number of nitriles is 1. The van der Waals surface area contributed by atoms with E-state index in [0.717, 1.165) is 0 Å². The Morgan fingerprint density at radius 2 is 2.18 bits per heavy atom. The van der Waals surface area contributed by atoms with Crippen LogP contribution in [0.2, 0.25) is 0 Å². The van der Waals surface area contributed by atoms with Crippen LogP contribution >= 0.6 is 0 Å². The third kappa shape index (κ3) is 2.32. The van der Waals surface area contributed by atoms with E-state index in [4.69, 9.17) is 11.0 Å². The highest BCUT2D eigenvalue weighted by Crippen LogP contribution is 2.22. The maximum atomic E-state index is 13.3. The minimum Gasteiger partial charge on any atom is -0.397 e.